The number of ether oxygens (including phenoxy) is 1. The predicted octanol–water partition coefficient (Wildman–Crippen LogP) is 2.31. The molecule has 0 saturated carbocycles. The van der Waals surface area contributed by atoms with Crippen LogP contribution < -0.4 is 10.5 Å². The van der Waals surface area contributed by atoms with Gasteiger partial charge in [-0.3, -0.25) is 0 Å². The fourth-order valence-electron chi connectivity index (χ4n) is 1.52. The number of aliphatic hydroxyl groups excluding tert-OH is 1. The molecule has 0 fully saturated rings. The van der Waals surface area contributed by atoms with E-state index in [9.17, 15) is 23.4 Å². The zero-order valence-electron chi connectivity index (χ0n) is 10.5. The first-order valence-electron chi connectivity index (χ1n) is 5.52. The number of rotatable bonds is 4. The van der Waals surface area contributed by atoms with Gasteiger partial charge in [0.25, 0.3) is 0 Å². The standard InChI is InChI=1S/C12H16F3NO3/c1-11(2,6-17)10(16)7-4-3-5-8(9(7)18)19-12(13,14)15/h3-5,10,17-18H,6,16H2,1-2H3/t10-/m1/s1. The number of phenolic OH excluding ortho intramolecular Hbond substituents is 1. The van der Waals surface area contributed by atoms with Gasteiger partial charge >= 0.3 is 6.36 Å². The summed E-state index contributed by atoms with van der Waals surface area (Å²) in [5.74, 6) is -1.39. The van der Waals surface area contributed by atoms with Crippen molar-refractivity contribution in [1.82, 2.24) is 0 Å². The molecule has 4 N–H and O–H groups in total. The average Bonchev–Trinajstić information content (AvgIpc) is 2.29. The van der Waals surface area contributed by atoms with Crippen molar-refractivity contribution in [2.24, 2.45) is 11.1 Å². The normalized spacial score (nSPS) is 14.3. The Morgan fingerprint density at radius 2 is 1.89 bits per heavy atom. The van der Waals surface area contributed by atoms with Crippen LogP contribution in [0, 0.1) is 5.41 Å². The molecular weight excluding hydrogens is 263 g/mol. The topological polar surface area (TPSA) is 75.7 Å². The Hall–Kier alpha value is -1.47. The molecule has 0 aliphatic rings. The number of nitrogens with two attached hydrogens (primary N) is 1. The van der Waals surface area contributed by atoms with E-state index in [-0.39, 0.29) is 12.2 Å². The Morgan fingerprint density at radius 1 is 1.32 bits per heavy atom. The van der Waals surface area contributed by atoms with Gasteiger partial charge in [-0.1, -0.05) is 26.0 Å². The van der Waals surface area contributed by atoms with Gasteiger partial charge in [-0.25, -0.2) is 0 Å². The van der Waals surface area contributed by atoms with Crippen LogP contribution in [-0.2, 0) is 0 Å². The summed E-state index contributed by atoms with van der Waals surface area (Å²) in [6.45, 7) is 2.99. The van der Waals surface area contributed by atoms with Gasteiger partial charge in [-0.2, -0.15) is 0 Å². The molecule has 7 heteroatoms. The van der Waals surface area contributed by atoms with Gasteiger partial charge in [0.05, 0.1) is 0 Å². The van der Waals surface area contributed by atoms with Gasteiger partial charge < -0.3 is 20.7 Å². The highest BCUT2D eigenvalue weighted by Crippen LogP contribution is 2.41. The van der Waals surface area contributed by atoms with E-state index >= 15 is 0 Å². The van der Waals surface area contributed by atoms with Crippen LogP contribution in [0.3, 0.4) is 0 Å². The zero-order chi connectivity index (χ0) is 14.8. The quantitative estimate of drug-likeness (QED) is 0.790. The van der Waals surface area contributed by atoms with Crippen LogP contribution in [0.5, 0.6) is 11.5 Å². The Kier molecular flexibility index (Phi) is 4.32. The molecular formula is C12H16F3NO3. The van der Waals surface area contributed by atoms with E-state index in [2.05, 4.69) is 4.74 Å². The number of aliphatic hydroxyl groups is 1. The number of alkyl halides is 3. The van der Waals surface area contributed by atoms with E-state index in [0.29, 0.717) is 0 Å². The first kappa shape index (κ1) is 15.6. The molecule has 0 spiro atoms. The largest absolute Gasteiger partial charge is 0.573 e. The van der Waals surface area contributed by atoms with Gasteiger partial charge in [-0.05, 0) is 6.07 Å². The van der Waals surface area contributed by atoms with E-state index in [4.69, 9.17) is 5.73 Å². The lowest BCUT2D eigenvalue weighted by molar-refractivity contribution is -0.275. The van der Waals surface area contributed by atoms with E-state index < -0.39 is 29.3 Å². The molecule has 0 aliphatic carbocycles. The molecule has 0 aliphatic heterocycles. The lowest BCUT2D eigenvalue weighted by Gasteiger charge is -2.30. The van der Waals surface area contributed by atoms with Crippen LogP contribution in [-0.4, -0.2) is 23.2 Å². The third-order valence-corrected chi connectivity index (χ3v) is 2.84. The Bertz CT molecular complexity index is 446. The molecule has 1 aromatic rings. The molecule has 1 atom stereocenters. The Morgan fingerprint density at radius 3 is 2.37 bits per heavy atom. The van der Waals surface area contributed by atoms with E-state index in [1.54, 1.807) is 13.8 Å². The maximum atomic E-state index is 12.1. The lowest BCUT2D eigenvalue weighted by atomic mass is 9.81. The maximum Gasteiger partial charge on any atom is 0.573 e. The SMILES string of the molecule is CC(C)(CO)[C@H](N)c1cccc(OC(F)(F)F)c1O. The summed E-state index contributed by atoms with van der Waals surface area (Å²) in [4.78, 5) is 0. The number of aromatic hydroxyl groups is 1. The van der Waals surface area contributed by atoms with Gasteiger partial charge in [-0.15, -0.1) is 13.2 Å². The van der Waals surface area contributed by atoms with Crippen molar-refractivity contribution in [3.63, 3.8) is 0 Å². The molecule has 19 heavy (non-hydrogen) atoms. The Balaban J connectivity index is 3.14. The van der Waals surface area contributed by atoms with Crippen LogP contribution >= 0.6 is 0 Å². The molecule has 0 bridgehead atoms. The number of para-hydroxylation sites is 1. The van der Waals surface area contributed by atoms with Crippen molar-refractivity contribution in [2.75, 3.05) is 6.61 Å². The van der Waals surface area contributed by atoms with E-state index in [0.717, 1.165) is 6.07 Å². The van der Waals surface area contributed by atoms with Crippen LogP contribution in [0.2, 0.25) is 0 Å². The van der Waals surface area contributed by atoms with Gasteiger partial charge in [0.15, 0.2) is 11.5 Å². The van der Waals surface area contributed by atoms with E-state index in [1.165, 1.54) is 12.1 Å². The van der Waals surface area contributed by atoms with Crippen LogP contribution in [0.15, 0.2) is 18.2 Å². The summed E-state index contributed by atoms with van der Waals surface area (Å²) in [6, 6.07) is 2.84. The fraction of sp³-hybridized carbons (Fsp3) is 0.500. The van der Waals surface area contributed by atoms with Crippen LogP contribution in [0.4, 0.5) is 13.2 Å². The Labute approximate surface area is 108 Å². The van der Waals surface area contributed by atoms with Crippen molar-refractivity contribution in [1.29, 1.82) is 0 Å². The average molecular weight is 279 g/mol. The number of phenols is 1. The third-order valence-electron chi connectivity index (χ3n) is 2.84. The highest BCUT2D eigenvalue weighted by molar-refractivity contribution is 5.47. The smallest absolute Gasteiger partial charge is 0.504 e. The van der Waals surface area contributed by atoms with Gasteiger partial charge in [0.2, 0.25) is 0 Å². The predicted molar refractivity (Wildman–Crippen MR) is 62.6 cm³/mol. The molecule has 0 unspecified atom stereocenters. The number of halogens is 3. The van der Waals surface area contributed by atoms with Crippen molar-refractivity contribution in [2.45, 2.75) is 26.3 Å². The van der Waals surface area contributed by atoms with Crippen molar-refractivity contribution in [3.8, 4) is 11.5 Å². The molecule has 0 radical (unpaired) electrons. The van der Waals surface area contributed by atoms with Gasteiger partial charge in [0, 0.05) is 23.6 Å². The highest BCUT2D eigenvalue weighted by Gasteiger charge is 2.34. The summed E-state index contributed by atoms with van der Waals surface area (Å²) < 4.78 is 40.2. The minimum Gasteiger partial charge on any atom is -0.504 e. The molecule has 0 saturated heterocycles. The molecule has 0 heterocycles. The third kappa shape index (κ3) is 3.74. The fourth-order valence-corrected chi connectivity index (χ4v) is 1.52. The molecule has 4 nitrogen and oxygen atoms in total. The molecule has 0 aromatic heterocycles. The van der Waals surface area contributed by atoms with Crippen LogP contribution in [0.1, 0.15) is 25.5 Å². The van der Waals surface area contributed by atoms with E-state index in [1.807, 2.05) is 0 Å². The second kappa shape index (κ2) is 5.26. The molecule has 0 amide bonds. The van der Waals surface area contributed by atoms with Crippen molar-refractivity contribution >= 4 is 0 Å². The monoisotopic (exact) mass is 279 g/mol. The summed E-state index contributed by atoms with van der Waals surface area (Å²) >= 11 is 0. The first-order valence-corrected chi connectivity index (χ1v) is 5.52. The maximum absolute atomic E-state index is 12.1. The molecule has 108 valence electrons. The first-order chi connectivity index (χ1) is 8.58. The number of hydrogen-bond acceptors (Lipinski definition) is 4. The number of hydrogen-bond donors (Lipinski definition) is 3. The summed E-state index contributed by atoms with van der Waals surface area (Å²) in [6.07, 6.45) is -4.90. The highest BCUT2D eigenvalue weighted by atomic mass is 19.4. The summed E-state index contributed by atoms with van der Waals surface area (Å²) in [7, 11) is 0. The van der Waals surface area contributed by atoms with Crippen molar-refractivity contribution in [3.05, 3.63) is 23.8 Å². The van der Waals surface area contributed by atoms with Gasteiger partial charge in [0.1, 0.15) is 0 Å². The second-order valence-corrected chi connectivity index (χ2v) is 4.87. The molecule has 1 aromatic carbocycles. The summed E-state index contributed by atoms with van der Waals surface area (Å²) in [5.41, 5.74) is 5.15. The minimum atomic E-state index is -4.90. The summed E-state index contributed by atoms with van der Waals surface area (Å²) in [5, 5.41) is 19.0. The minimum absolute atomic E-state index is 0.0841. The molecule has 1 rings (SSSR count). The second-order valence-electron chi connectivity index (χ2n) is 4.87. The lowest BCUT2D eigenvalue weighted by Crippen LogP contribution is -2.32. The zero-order valence-corrected chi connectivity index (χ0v) is 10.5. The number of benzene rings is 1. The van der Waals surface area contributed by atoms with Crippen LogP contribution in [0.25, 0.3) is 0 Å². The van der Waals surface area contributed by atoms with Crippen molar-refractivity contribution < 1.29 is 28.1 Å².